The molecule has 53 heavy (non-hydrogen) atoms. The van der Waals surface area contributed by atoms with Crippen LogP contribution < -0.4 is 20.7 Å². The number of ether oxygens (including phenoxy) is 1. The van der Waals surface area contributed by atoms with Crippen LogP contribution in [-0.2, 0) is 23.2 Å². The zero-order valence-corrected chi connectivity index (χ0v) is 34.7. The van der Waals surface area contributed by atoms with Crippen molar-refractivity contribution < 1.29 is 23.2 Å². The van der Waals surface area contributed by atoms with Crippen LogP contribution in [0.2, 0.25) is 10.1 Å². The first-order valence-corrected chi connectivity index (χ1v) is 23.0. The van der Waals surface area contributed by atoms with Gasteiger partial charge in [0.1, 0.15) is 6.29 Å². The van der Waals surface area contributed by atoms with E-state index in [1.807, 2.05) is 0 Å². The highest BCUT2D eigenvalue weighted by molar-refractivity contribution is 7.00. The Labute approximate surface area is 320 Å². The number of allylic oxidation sites excluding steroid dienone is 2. The van der Waals surface area contributed by atoms with Gasteiger partial charge in [0.15, 0.2) is 0 Å². The monoisotopic (exact) mass is 746 g/mol. The van der Waals surface area contributed by atoms with Gasteiger partial charge in [-0.1, -0.05) is 175 Å². The molecule has 1 fully saturated rings. The minimum absolute atomic E-state index is 0.103. The lowest BCUT2D eigenvalue weighted by atomic mass is 9.91. The first-order chi connectivity index (χ1) is 25.4. The van der Waals surface area contributed by atoms with Crippen molar-refractivity contribution in [1.82, 2.24) is 0 Å². The molecule has 0 radical (unpaired) electrons. The number of carbonyl (C=O) groups is 2. The fraction of sp³-hybridized carbons (Fsp3) is 0.391. The number of rotatable bonds is 15. The summed E-state index contributed by atoms with van der Waals surface area (Å²) >= 11 is 0. The molecule has 1 aliphatic rings. The van der Waals surface area contributed by atoms with Gasteiger partial charge >= 0.3 is 5.97 Å². The molecule has 1 aliphatic carbocycles. The normalized spacial score (nSPS) is 19.7. The van der Waals surface area contributed by atoms with Crippen molar-refractivity contribution in [2.24, 2.45) is 11.8 Å². The van der Waals surface area contributed by atoms with Crippen LogP contribution in [0.4, 0.5) is 0 Å². The maximum Gasteiger partial charge on any atom is 0.305 e. The minimum atomic E-state index is -2.98. The fourth-order valence-corrected chi connectivity index (χ4v) is 18.0. The highest BCUT2D eigenvalue weighted by Crippen LogP contribution is 2.47. The fourth-order valence-electron chi connectivity index (χ4n) is 8.52. The van der Waals surface area contributed by atoms with E-state index in [0.717, 1.165) is 12.7 Å². The van der Waals surface area contributed by atoms with Crippen LogP contribution in [0.3, 0.4) is 0 Å². The first kappa shape index (κ1) is 40.3. The third kappa shape index (κ3) is 8.59. The van der Waals surface area contributed by atoms with Gasteiger partial charge in [0.25, 0.3) is 16.6 Å². The van der Waals surface area contributed by atoms with Gasteiger partial charge < -0.3 is 18.4 Å². The molecule has 0 N–H and O–H groups in total. The van der Waals surface area contributed by atoms with Crippen molar-refractivity contribution in [3.05, 3.63) is 133 Å². The highest BCUT2D eigenvalue weighted by Gasteiger charge is 2.58. The highest BCUT2D eigenvalue weighted by atomic mass is 28.4. The average molecular weight is 747 g/mol. The predicted octanol–water partition coefficient (Wildman–Crippen LogP) is 8.00. The number of benzene rings is 4. The Morgan fingerprint density at radius 3 is 1.40 bits per heavy atom. The summed E-state index contributed by atoms with van der Waals surface area (Å²) in [5.41, 5.74) is 0. The van der Waals surface area contributed by atoms with Crippen LogP contribution in [0.25, 0.3) is 0 Å². The van der Waals surface area contributed by atoms with Crippen LogP contribution in [0.5, 0.6) is 0 Å². The largest absolute Gasteiger partial charge is 0.469 e. The number of hydrogen-bond donors (Lipinski definition) is 0. The summed E-state index contributed by atoms with van der Waals surface area (Å²) < 4.78 is 20.5. The van der Waals surface area contributed by atoms with Crippen LogP contribution in [0.1, 0.15) is 73.6 Å². The Hall–Kier alpha value is -3.89. The number of carbonyl (C=O) groups excluding carboxylic acids is 2. The van der Waals surface area contributed by atoms with Crippen molar-refractivity contribution >= 4 is 49.6 Å². The molecule has 0 spiro atoms. The maximum atomic E-state index is 13.5. The summed E-state index contributed by atoms with van der Waals surface area (Å²) in [7, 11) is -4.52. The quantitative estimate of drug-likeness (QED) is 0.0406. The lowest BCUT2D eigenvalue weighted by molar-refractivity contribution is -0.140. The number of esters is 1. The predicted molar refractivity (Wildman–Crippen MR) is 222 cm³/mol. The second-order valence-electron chi connectivity index (χ2n) is 16.4. The molecule has 0 amide bonds. The van der Waals surface area contributed by atoms with Crippen LogP contribution in [0.15, 0.2) is 133 Å². The third-order valence-electron chi connectivity index (χ3n) is 11.1. The van der Waals surface area contributed by atoms with Crippen molar-refractivity contribution in [1.29, 1.82) is 0 Å². The molecule has 0 heterocycles. The van der Waals surface area contributed by atoms with Gasteiger partial charge in [-0.3, -0.25) is 4.79 Å². The van der Waals surface area contributed by atoms with Crippen LogP contribution >= 0.6 is 0 Å². The molecule has 4 aromatic rings. The van der Waals surface area contributed by atoms with E-state index in [1.165, 1.54) is 27.9 Å². The van der Waals surface area contributed by atoms with Gasteiger partial charge in [0, 0.05) is 12.3 Å². The van der Waals surface area contributed by atoms with E-state index in [2.05, 4.69) is 175 Å². The Kier molecular flexibility index (Phi) is 13.3. The molecule has 0 bridgehead atoms. The van der Waals surface area contributed by atoms with Gasteiger partial charge in [0.2, 0.25) is 0 Å². The molecule has 4 atom stereocenters. The van der Waals surface area contributed by atoms with Crippen LogP contribution in [-0.4, -0.2) is 48.2 Å². The molecule has 5 nitrogen and oxygen atoms in total. The standard InChI is InChI=1S/C46H58O5Si2/c1-45(2,3)52(36-24-14-10-15-25-36,37-26-16-11-17-27-37)50-42-34-43(41(35-47)40(42)32-22-8-9-23-33-44(48)49-7)51-53(46(4,5)6,38-28-18-12-19-29-38)39-30-20-13-21-31-39/h8,10-22,24-31,35,40-43H,9,23,32-34H2,1-7H3/b22-8-/t40-,41-,42+,43-/m1/s1. The molecule has 0 aromatic heterocycles. The molecular formula is C46H58O5Si2. The maximum absolute atomic E-state index is 13.5. The van der Waals surface area contributed by atoms with Gasteiger partial charge in [-0.2, -0.15) is 0 Å². The second-order valence-corrected chi connectivity index (χ2v) is 24.9. The summed E-state index contributed by atoms with van der Waals surface area (Å²) in [5.74, 6) is -0.675. The van der Waals surface area contributed by atoms with Crippen LogP contribution in [0, 0.1) is 11.8 Å². The van der Waals surface area contributed by atoms with Crippen molar-refractivity contribution in [2.75, 3.05) is 7.11 Å². The SMILES string of the molecule is COC(=O)CCC/C=C\C[C@@H]1[C@@H](C=O)[C@H](O[Si](c2ccccc2)(c2ccccc2)C(C)(C)C)C[C@@H]1O[Si](c1ccccc1)(c1ccccc1)C(C)(C)C. The number of hydrogen-bond acceptors (Lipinski definition) is 5. The number of methoxy groups -OCH3 is 1. The number of unbranched alkanes of at least 4 members (excludes halogenated alkanes) is 1. The Morgan fingerprint density at radius 1 is 0.642 bits per heavy atom. The molecular weight excluding hydrogens is 689 g/mol. The first-order valence-electron chi connectivity index (χ1n) is 19.1. The summed E-state index contributed by atoms with van der Waals surface area (Å²) in [5, 5.41) is 4.36. The van der Waals surface area contributed by atoms with Crippen molar-refractivity contribution in [3.8, 4) is 0 Å². The Bertz CT molecular complexity index is 1690. The average Bonchev–Trinajstić information content (AvgIpc) is 3.49. The summed E-state index contributed by atoms with van der Waals surface area (Å²) in [6, 6.07) is 42.8. The third-order valence-corrected chi connectivity index (χ3v) is 21.2. The van der Waals surface area contributed by atoms with Gasteiger partial charge in [-0.15, -0.1) is 0 Å². The summed E-state index contributed by atoms with van der Waals surface area (Å²) in [6.45, 7) is 13.8. The van der Waals surface area contributed by atoms with Gasteiger partial charge in [0.05, 0.1) is 19.3 Å². The Balaban J connectivity index is 1.63. The van der Waals surface area contributed by atoms with Gasteiger partial charge in [-0.05, 0) is 62.4 Å². The smallest absolute Gasteiger partial charge is 0.305 e. The molecule has 0 aliphatic heterocycles. The molecule has 4 aromatic carbocycles. The number of aldehydes is 1. The van der Waals surface area contributed by atoms with E-state index in [4.69, 9.17) is 13.6 Å². The second kappa shape index (κ2) is 17.5. The van der Waals surface area contributed by atoms with E-state index < -0.39 is 16.6 Å². The van der Waals surface area contributed by atoms with Crippen molar-refractivity contribution in [3.63, 3.8) is 0 Å². The van der Waals surface area contributed by atoms with E-state index in [0.29, 0.717) is 25.7 Å². The van der Waals surface area contributed by atoms with E-state index in [-0.39, 0.29) is 40.1 Å². The zero-order valence-electron chi connectivity index (χ0n) is 32.7. The molecule has 280 valence electrons. The molecule has 0 saturated heterocycles. The molecule has 1 saturated carbocycles. The van der Waals surface area contributed by atoms with E-state index in [1.54, 1.807) is 0 Å². The van der Waals surface area contributed by atoms with E-state index in [9.17, 15) is 9.59 Å². The van der Waals surface area contributed by atoms with Gasteiger partial charge in [-0.25, -0.2) is 0 Å². The topological polar surface area (TPSA) is 61.8 Å². The lowest BCUT2D eigenvalue weighted by Gasteiger charge is -2.46. The molecule has 7 heteroatoms. The minimum Gasteiger partial charge on any atom is -0.469 e. The molecule has 0 unspecified atom stereocenters. The lowest BCUT2D eigenvalue weighted by Crippen LogP contribution is -2.68. The Morgan fingerprint density at radius 2 is 1.04 bits per heavy atom. The molecule has 5 rings (SSSR count). The summed E-state index contributed by atoms with van der Waals surface area (Å²) in [4.78, 5) is 25.3. The zero-order chi connectivity index (χ0) is 38.1. The summed E-state index contributed by atoms with van der Waals surface area (Å²) in [6.07, 6.45) is 8.03. The van der Waals surface area contributed by atoms with Crippen molar-refractivity contribution in [2.45, 2.75) is 95.9 Å². The van der Waals surface area contributed by atoms with E-state index >= 15 is 0 Å².